The summed E-state index contributed by atoms with van der Waals surface area (Å²) in [5, 5.41) is 0. The van der Waals surface area contributed by atoms with Crippen LogP contribution >= 0.6 is 0 Å². The second-order valence-electron chi connectivity index (χ2n) is 6.75. The Hall–Kier alpha value is -1.31. The van der Waals surface area contributed by atoms with Crippen molar-refractivity contribution in [2.75, 3.05) is 6.61 Å². The summed E-state index contributed by atoms with van der Waals surface area (Å²) < 4.78 is 126. The molecule has 0 aromatic rings. The van der Waals surface area contributed by atoms with Gasteiger partial charge in [0.1, 0.15) is 0 Å². The normalized spacial score (nSPS) is 28.5. The summed E-state index contributed by atoms with van der Waals surface area (Å²) in [6.07, 6.45) is 0.723. The van der Waals surface area contributed by atoms with Crippen molar-refractivity contribution in [1.29, 1.82) is 0 Å². The van der Waals surface area contributed by atoms with E-state index in [0.717, 1.165) is 6.08 Å². The van der Waals surface area contributed by atoms with Crippen LogP contribution in [0.1, 0.15) is 19.3 Å². The summed E-state index contributed by atoms with van der Waals surface area (Å²) in [6.45, 7) is 2.76. The van der Waals surface area contributed by atoms with Crippen LogP contribution in [0, 0.1) is 23.7 Å². The molecule has 28 heavy (non-hydrogen) atoms. The molecular formula is C14H16F6O6S2. The number of rotatable bonds is 6. The Kier molecular flexibility index (Phi) is 5.89. The van der Waals surface area contributed by atoms with E-state index in [-0.39, 0.29) is 13.0 Å². The summed E-state index contributed by atoms with van der Waals surface area (Å²) in [4.78, 5) is 11.2. The molecule has 2 saturated carbocycles. The standard InChI is InChI=1S/C14H16F6O6S2/c1-2-11(21)26-6-10-7-3-4-8(10)9(5-7)12(27(22,23)13(15,16)17)28(24,25)14(18,19)20/h2,7-10,12H,1,3-6H2. The van der Waals surface area contributed by atoms with Crippen molar-refractivity contribution < 1.29 is 52.7 Å². The van der Waals surface area contributed by atoms with Crippen LogP contribution in [0.2, 0.25) is 0 Å². The van der Waals surface area contributed by atoms with E-state index in [1.807, 2.05) is 0 Å². The predicted octanol–water partition coefficient (Wildman–Crippen LogP) is 2.57. The van der Waals surface area contributed by atoms with Gasteiger partial charge in [0.15, 0.2) is 4.58 Å². The lowest BCUT2D eigenvalue weighted by molar-refractivity contribution is -0.139. The molecule has 0 aromatic carbocycles. The van der Waals surface area contributed by atoms with Crippen molar-refractivity contribution in [2.24, 2.45) is 23.7 Å². The molecule has 0 aliphatic heterocycles. The fourth-order valence-electron chi connectivity index (χ4n) is 4.23. The van der Waals surface area contributed by atoms with Gasteiger partial charge in [-0.25, -0.2) is 21.6 Å². The number of halogens is 6. The van der Waals surface area contributed by atoms with Crippen LogP contribution in [0.5, 0.6) is 0 Å². The van der Waals surface area contributed by atoms with Crippen molar-refractivity contribution in [2.45, 2.75) is 34.9 Å². The molecular weight excluding hydrogens is 442 g/mol. The van der Waals surface area contributed by atoms with Gasteiger partial charge < -0.3 is 4.74 Å². The molecule has 4 unspecified atom stereocenters. The highest BCUT2D eigenvalue weighted by atomic mass is 32.3. The summed E-state index contributed by atoms with van der Waals surface area (Å²) in [5.74, 6) is -5.15. The van der Waals surface area contributed by atoms with Crippen molar-refractivity contribution in [1.82, 2.24) is 0 Å². The number of alkyl halides is 6. The van der Waals surface area contributed by atoms with Crippen LogP contribution < -0.4 is 0 Å². The number of hydrogen-bond acceptors (Lipinski definition) is 6. The van der Waals surface area contributed by atoms with Crippen LogP contribution in [-0.2, 0) is 29.2 Å². The Bertz CT molecular complexity index is 801. The SMILES string of the molecule is C=CC(=O)OCC1C2CCC1C(C(S(=O)(=O)C(F)(F)F)S(=O)(=O)C(F)(F)F)C2. The zero-order valence-electron chi connectivity index (χ0n) is 14.0. The van der Waals surface area contributed by atoms with Gasteiger partial charge in [0, 0.05) is 6.08 Å². The highest BCUT2D eigenvalue weighted by Crippen LogP contribution is 2.57. The maximum Gasteiger partial charge on any atom is 0.498 e. The van der Waals surface area contributed by atoms with Gasteiger partial charge in [-0.2, -0.15) is 26.3 Å². The minimum atomic E-state index is -6.68. The summed E-state index contributed by atoms with van der Waals surface area (Å²) >= 11 is 0. The molecule has 14 heteroatoms. The van der Waals surface area contributed by atoms with E-state index in [2.05, 4.69) is 6.58 Å². The topological polar surface area (TPSA) is 94.6 Å². The lowest BCUT2D eigenvalue weighted by Gasteiger charge is -2.31. The van der Waals surface area contributed by atoms with Crippen molar-refractivity contribution in [3.63, 3.8) is 0 Å². The highest BCUT2D eigenvalue weighted by Gasteiger charge is 2.68. The summed E-state index contributed by atoms with van der Waals surface area (Å²) in [6, 6.07) is 0. The molecule has 6 nitrogen and oxygen atoms in total. The highest BCUT2D eigenvalue weighted by molar-refractivity contribution is 8.09. The van der Waals surface area contributed by atoms with Crippen molar-refractivity contribution >= 4 is 25.6 Å². The first-order chi connectivity index (χ1) is 12.6. The molecule has 162 valence electrons. The number of sulfone groups is 2. The van der Waals surface area contributed by atoms with Gasteiger partial charge in [-0.15, -0.1) is 0 Å². The third-order valence-electron chi connectivity index (χ3n) is 5.34. The molecule has 0 heterocycles. The van der Waals surface area contributed by atoms with Crippen LogP contribution in [0.25, 0.3) is 0 Å². The number of carbonyl (C=O) groups is 1. The maximum atomic E-state index is 13.0. The van der Waals surface area contributed by atoms with Gasteiger partial charge in [-0.05, 0) is 42.9 Å². The monoisotopic (exact) mass is 458 g/mol. The number of fused-ring (bicyclic) bond motifs is 2. The Morgan fingerprint density at radius 2 is 1.54 bits per heavy atom. The second kappa shape index (κ2) is 7.18. The van der Waals surface area contributed by atoms with Crippen LogP contribution in [-0.4, -0.2) is 45.0 Å². The van der Waals surface area contributed by atoms with E-state index in [0.29, 0.717) is 6.42 Å². The van der Waals surface area contributed by atoms with Gasteiger partial charge in [0.2, 0.25) is 0 Å². The summed E-state index contributed by atoms with van der Waals surface area (Å²) in [5.41, 5.74) is -12.4. The Labute approximate surface area is 156 Å². The van der Waals surface area contributed by atoms with E-state index >= 15 is 0 Å². The molecule has 4 atom stereocenters. The fourth-order valence-corrected chi connectivity index (χ4v) is 8.30. The van der Waals surface area contributed by atoms with Gasteiger partial charge in [0.05, 0.1) is 6.61 Å². The van der Waals surface area contributed by atoms with E-state index in [9.17, 15) is 48.0 Å². The quantitative estimate of drug-likeness (QED) is 0.345. The van der Waals surface area contributed by atoms with Gasteiger partial charge in [-0.1, -0.05) is 6.58 Å². The summed E-state index contributed by atoms with van der Waals surface area (Å²) in [7, 11) is -13.4. The smallest absolute Gasteiger partial charge is 0.462 e. The fraction of sp³-hybridized carbons (Fsp3) is 0.786. The Balaban J connectivity index is 2.47. The molecule has 2 aliphatic carbocycles. The van der Waals surface area contributed by atoms with Gasteiger partial charge in [0.25, 0.3) is 19.7 Å². The van der Waals surface area contributed by atoms with Crippen LogP contribution in [0.3, 0.4) is 0 Å². The van der Waals surface area contributed by atoms with Crippen molar-refractivity contribution in [3.05, 3.63) is 12.7 Å². The maximum absolute atomic E-state index is 13.0. The van der Waals surface area contributed by atoms with E-state index in [4.69, 9.17) is 4.74 Å². The Morgan fingerprint density at radius 1 is 1.04 bits per heavy atom. The molecule has 2 bridgehead atoms. The lowest BCUT2D eigenvalue weighted by atomic mass is 9.89. The number of hydrogen-bond donors (Lipinski definition) is 0. The van der Waals surface area contributed by atoms with Crippen LogP contribution in [0.4, 0.5) is 26.3 Å². The van der Waals surface area contributed by atoms with E-state index in [1.54, 1.807) is 0 Å². The first-order valence-corrected chi connectivity index (χ1v) is 11.0. The van der Waals surface area contributed by atoms with E-state index < -0.39 is 71.3 Å². The second-order valence-corrected chi connectivity index (χ2v) is 11.2. The molecule has 0 amide bonds. The minimum absolute atomic E-state index is 0.0306. The Morgan fingerprint density at radius 3 is 1.96 bits per heavy atom. The lowest BCUT2D eigenvalue weighted by Crippen LogP contribution is -2.50. The van der Waals surface area contributed by atoms with Crippen LogP contribution in [0.15, 0.2) is 12.7 Å². The zero-order chi connectivity index (χ0) is 21.7. The first kappa shape index (κ1) is 23.0. The first-order valence-electron chi connectivity index (χ1n) is 7.95. The molecule has 2 rings (SSSR count). The molecule has 0 saturated heterocycles. The van der Waals surface area contributed by atoms with E-state index in [1.165, 1.54) is 0 Å². The largest absolute Gasteiger partial charge is 0.498 e. The zero-order valence-corrected chi connectivity index (χ0v) is 15.7. The number of carbonyl (C=O) groups excluding carboxylic acids is 1. The third-order valence-corrected chi connectivity index (χ3v) is 10.1. The minimum Gasteiger partial charge on any atom is -0.462 e. The number of ether oxygens (including phenoxy) is 1. The molecule has 0 radical (unpaired) electrons. The average Bonchev–Trinajstić information content (AvgIpc) is 3.06. The third kappa shape index (κ3) is 3.76. The molecule has 2 aliphatic rings. The van der Waals surface area contributed by atoms with Gasteiger partial charge >= 0.3 is 17.0 Å². The van der Waals surface area contributed by atoms with Gasteiger partial charge in [-0.3, -0.25) is 0 Å². The van der Waals surface area contributed by atoms with Crippen molar-refractivity contribution in [3.8, 4) is 0 Å². The predicted molar refractivity (Wildman–Crippen MR) is 82.7 cm³/mol. The molecule has 0 N–H and O–H groups in total. The average molecular weight is 458 g/mol. The molecule has 2 fully saturated rings. The molecule has 0 spiro atoms. The number of esters is 1. The molecule has 0 aromatic heterocycles.